The van der Waals surface area contributed by atoms with E-state index in [9.17, 15) is 4.79 Å². The van der Waals surface area contributed by atoms with Crippen LogP contribution >= 0.6 is 0 Å². The van der Waals surface area contributed by atoms with Crippen LogP contribution in [0.5, 0.6) is 0 Å². The molecule has 0 aliphatic rings. The number of allylic oxidation sites excluding steroid dienone is 1. The topological polar surface area (TPSA) is 26.3 Å². The van der Waals surface area contributed by atoms with Crippen molar-refractivity contribution in [3.05, 3.63) is 12.3 Å². The van der Waals surface area contributed by atoms with Crippen LogP contribution < -0.4 is 0 Å². The summed E-state index contributed by atoms with van der Waals surface area (Å²) in [6.07, 6.45) is 6.30. The van der Waals surface area contributed by atoms with Crippen LogP contribution in [-0.2, 0) is 9.53 Å². The van der Waals surface area contributed by atoms with Crippen molar-refractivity contribution in [1.82, 2.24) is 0 Å². The molecule has 0 aliphatic heterocycles. The Morgan fingerprint density at radius 1 is 1.23 bits per heavy atom. The summed E-state index contributed by atoms with van der Waals surface area (Å²) in [5.74, 6) is 0.336. The zero-order chi connectivity index (χ0) is 10.1. The van der Waals surface area contributed by atoms with Crippen LogP contribution in [0.4, 0.5) is 0 Å². The molecule has 0 spiro atoms. The van der Waals surface area contributed by atoms with Gasteiger partial charge in [-0.2, -0.15) is 0 Å². The van der Waals surface area contributed by atoms with Gasteiger partial charge in [-0.25, -0.2) is 0 Å². The summed E-state index contributed by atoms with van der Waals surface area (Å²) in [4.78, 5) is 11.0. The highest BCUT2D eigenvalue weighted by Crippen LogP contribution is 2.06. The fourth-order valence-electron chi connectivity index (χ4n) is 1.12. The number of hydrogen-bond donors (Lipinski definition) is 0. The largest absolute Gasteiger partial charge is 0.432 e. The number of rotatable bonds is 7. The second-order valence-corrected chi connectivity index (χ2v) is 3.34. The van der Waals surface area contributed by atoms with Crippen molar-refractivity contribution in [2.24, 2.45) is 0 Å². The maximum Gasteiger partial charge on any atom is 0.310 e. The smallest absolute Gasteiger partial charge is 0.310 e. The van der Waals surface area contributed by atoms with Gasteiger partial charge in [0.05, 0.1) is 5.76 Å². The number of carbonyl (C=O) groups excluding carboxylic acids is 1. The SMILES string of the molecule is C=C(C)OC(=O)CCCCCCC. The van der Waals surface area contributed by atoms with Gasteiger partial charge in [0.1, 0.15) is 0 Å². The lowest BCUT2D eigenvalue weighted by Crippen LogP contribution is -2.01. The number of hydrogen-bond acceptors (Lipinski definition) is 2. The molecule has 13 heavy (non-hydrogen) atoms. The Morgan fingerprint density at radius 2 is 1.85 bits per heavy atom. The van der Waals surface area contributed by atoms with Crippen LogP contribution in [0.3, 0.4) is 0 Å². The Balaban J connectivity index is 3.22. The van der Waals surface area contributed by atoms with E-state index in [1.165, 1.54) is 19.3 Å². The standard InChI is InChI=1S/C11H20O2/c1-4-5-6-7-8-9-11(12)13-10(2)3/h2,4-9H2,1,3H3. The molecule has 0 aromatic carbocycles. The summed E-state index contributed by atoms with van der Waals surface area (Å²) in [6.45, 7) is 7.38. The lowest BCUT2D eigenvalue weighted by atomic mass is 10.1. The molecule has 2 heteroatoms. The summed E-state index contributed by atoms with van der Waals surface area (Å²) < 4.78 is 4.82. The van der Waals surface area contributed by atoms with Crippen molar-refractivity contribution in [2.45, 2.75) is 52.4 Å². The monoisotopic (exact) mass is 184 g/mol. The van der Waals surface area contributed by atoms with Gasteiger partial charge in [0.15, 0.2) is 0 Å². The first-order chi connectivity index (χ1) is 6.16. The summed E-state index contributed by atoms with van der Waals surface area (Å²) in [5, 5.41) is 0. The first-order valence-corrected chi connectivity index (χ1v) is 5.03. The molecule has 2 nitrogen and oxygen atoms in total. The van der Waals surface area contributed by atoms with Gasteiger partial charge in [-0.05, 0) is 13.3 Å². The molecule has 0 saturated carbocycles. The van der Waals surface area contributed by atoms with E-state index in [1.807, 2.05) is 0 Å². The lowest BCUT2D eigenvalue weighted by molar-refractivity contribution is -0.139. The van der Waals surface area contributed by atoms with E-state index in [1.54, 1.807) is 6.92 Å². The van der Waals surface area contributed by atoms with Crippen molar-refractivity contribution < 1.29 is 9.53 Å². The quantitative estimate of drug-likeness (QED) is 0.344. The van der Waals surface area contributed by atoms with Gasteiger partial charge in [-0.1, -0.05) is 39.2 Å². The van der Waals surface area contributed by atoms with Crippen molar-refractivity contribution in [1.29, 1.82) is 0 Å². The predicted molar refractivity (Wildman–Crippen MR) is 54.3 cm³/mol. The van der Waals surface area contributed by atoms with Crippen molar-refractivity contribution in [2.75, 3.05) is 0 Å². The van der Waals surface area contributed by atoms with Crippen LogP contribution in [0.25, 0.3) is 0 Å². The highest BCUT2D eigenvalue weighted by atomic mass is 16.5. The van der Waals surface area contributed by atoms with Crippen molar-refractivity contribution in [3.8, 4) is 0 Å². The van der Waals surface area contributed by atoms with Gasteiger partial charge in [0, 0.05) is 6.42 Å². The predicted octanol–water partition coefficient (Wildman–Crippen LogP) is 3.42. The van der Waals surface area contributed by atoms with Crippen molar-refractivity contribution in [3.63, 3.8) is 0 Å². The Hall–Kier alpha value is -0.790. The van der Waals surface area contributed by atoms with Crippen LogP contribution in [0, 0.1) is 0 Å². The van der Waals surface area contributed by atoms with E-state index < -0.39 is 0 Å². The molecule has 76 valence electrons. The molecule has 0 N–H and O–H groups in total. The van der Waals surface area contributed by atoms with Crippen LogP contribution in [0.2, 0.25) is 0 Å². The molecular formula is C11H20O2. The minimum atomic E-state index is -0.149. The molecule has 0 heterocycles. The van der Waals surface area contributed by atoms with E-state index in [2.05, 4.69) is 13.5 Å². The summed E-state index contributed by atoms with van der Waals surface area (Å²) >= 11 is 0. The van der Waals surface area contributed by atoms with E-state index in [0.717, 1.165) is 12.8 Å². The molecule has 0 saturated heterocycles. The molecule has 0 fully saturated rings. The Labute approximate surface area is 81.0 Å². The normalized spacial score (nSPS) is 9.69. The van der Waals surface area contributed by atoms with Crippen LogP contribution in [-0.4, -0.2) is 5.97 Å². The van der Waals surface area contributed by atoms with Gasteiger partial charge in [0.25, 0.3) is 0 Å². The number of ether oxygens (including phenoxy) is 1. The maximum atomic E-state index is 11.0. The average Bonchev–Trinajstić information content (AvgIpc) is 2.02. The van der Waals surface area contributed by atoms with Gasteiger partial charge >= 0.3 is 5.97 Å². The second-order valence-electron chi connectivity index (χ2n) is 3.34. The Morgan fingerprint density at radius 3 is 2.38 bits per heavy atom. The summed E-state index contributed by atoms with van der Waals surface area (Å²) in [7, 11) is 0. The Kier molecular flexibility index (Phi) is 7.36. The molecule has 0 unspecified atom stereocenters. The van der Waals surface area contributed by atoms with E-state index in [4.69, 9.17) is 4.74 Å². The zero-order valence-electron chi connectivity index (χ0n) is 8.77. The van der Waals surface area contributed by atoms with Crippen LogP contribution in [0.1, 0.15) is 52.4 Å². The third-order valence-corrected chi connectivity index (χ3v) is 1.77. The highest BCUT2D eigenvalue weighted by molar-refractivity contribution is 5.70. The van der Waals surface area contributed by atoms with Crippen molar-refractivity contribution >= 4 is 5.97 Å². The third kappa shape index (κ3) is 9.12. The molecule has 0 aliphatic carbocycles. The van der Waals surface area contributed by atoms with Gasteiger partial charge < -0.3 is 4.74 Å². The minimum Gasteiger partial charge on any atom is -0.432 e. The second kappa shape index (κ2) is 7.84. The van der Waals surface area contributed by atoms with E-state index in [-0.39, 0.29) is 5.97 Å². The summed E-state index contributed by atoms with van der Waals surface area (Å²) in [5.41, 5.74) is 0. The molecule has 0 rings (SSSR count). The first-order valence-electron chi connectivity index (χ1n) is 5.03. The fraction of sp³-hybridized carbons (Fsp3) is 0.727. The third-order valence-electron chi connectivity index (χ3n) is 1.77. The fourth-order valence-corrected chi connectivity index (χ4v) is 1.12. The highest BCUT2D eigenvalue weighted by Gasteiger charge is 2.01. The molecule has 0 radical (unpaired) electrons. The Bertz CT molecular complexity index is 161. The number of unbranched alkanes of at least 4 members (excludes halogenated alkanes) is 4. The van der Waals surface area contributed by atoms with E-state index >= 15 is 0 Å². The summed E-state index contributed by atoms with van der Waals surface area (Å²) in [6, 6.07) is 0. The van der Waals surface area contributed by atoms with Gasteiger partial charge in [-0.3, -0.25) is 4.79 Å². The molecule has 0 bridgehead atoms. The average molecular weight is 184 g/mol. The first kappa shape index (κ1) is 12.2. The molecule has 0 amide bonds. The van der Waals surface area contributed by atoms with Crippen LogP contribution in [0.15, 0.2) is 12.3 Å². The molecule has 0 aromatic heterocycles. The number of carbonyl (C=O) groups is 1. The van der Waals surface area contributed by atoms with Gasteiger partial charge in [0.2, 0.25) is 0 Å². The molecule has 0 aromatic rings. The van der Waals surface area contributed by atoms with E-state index in [0.29, 0.717) is 12.2 Å². The maximum absolute atomic E-state index is 11.0. The molecule has 0 atom stereocenters. The molecular weight excluding hydrogens is 164 g/mol. The zero-order valence-corrected chi connectivity index (χ0v) is 8.77. The lowest BCUT2D eigenvalue weighted by Gasteiger charge is -2.02. The number of esters is 1. The minimum absolute atomic E-state index is 0.149. The van der Waals surface area contributed by atoms with Gasteiger partial charge in [-0.15, -0.1) is 0 Å².